The minimum Gasteiger partial charge on any atom is -0.454 e. The van der Waals surface area contributed by atoms with Crippen molar-refractivity contribution in [3.63, 3.8) is 0 Å². The highest BCUT2D eigenvalue weighted by Gasteiger charge is 2.47. The molecule has 0 saturated carbocycles. The molecular formula is C64H117NO10. The highest BCUT2D eigenvalue weighted by Crippen LogP contribution is 2.26. The van der Waals surface area contributed by atoms with Gasteiger partial charge in [-0.15, -0.1) is 0 Å². The predicted octanol–water partition coefficient (Wildman–Crippen LogP) is 14.8. The third kappa shape index (κ3) is 40.5. The van der Waals surface area contributed by atoms with Gasteiger partial charge < -0.3 is 45.1 Å². The first-order valence-corrected chi connectivity index (χ1v) is 31.4. The van der Waals surface area contributed by atoms with Crippen LogP contribution in [0.1, 0.15) is 284 Å². The molecule has 1 fully saturated rings. The van der Waals surface area contributed by atoms with Gasteiger partial charge in [-0.1, -0.05) is 262 Å². The Bertz CT molecular complexity index is 1400. The van der Waals surface area contributed by atoms with Crippen LogP contribution < -0.4 is 5.32 Å². The standard InChI is InChI=1S/C64H117NO10/c1-4-7-10-13-16-19-22-25-27-29-31-34-37-40-43-46-49-52-59(69)75-62-61(71)60(70)58(53-66)74-64(62)73-54-55(56(67)50-47-44-41-38-35-32-24-21-18-15-12-9-6-3)65-63(72)57(68)51-48-45-42-39-36-33-30-28-26-23-20-17-14-11-8-5-2/h16,19,25,27,31,34,47,50,55-58,60-62,64,66-68,70-71H,4-15,17-18,20-24,26,28-30,32-33,35-46,48-49,51-54H2,1-3H3,(H,65,72)/b19-16-,27-25-,34-31-,50-47+. The van der Waals surface area contributed by atoms with Crippen LogP contribution >= 0.6 is 0 Å². The van der Waals surface area contributed by atoms with Gasteiger partial charge in [0.15, 0.2) is 12.4 Å². The number of hydrogen-bond acceptors (Lipinski definition) is 10. The minimum atomic E-state index is -1.62. The van der Waals surface area contributed by atoms with Gasteiger partial charge >= 0.3 is 5.97 Å². The molecule has 0 aromatic rings. The Morgan fingerprint density at radius 2 is 0.920 bits per heavy atom. The molecule has 0 spiro atoms. The monoisotopic (exact) mass is 1060 g/mol. The maximum absolute atomic E-state index is 13.4. The fourth-order valence-corrected chi connectivity index (χ4v) is 9.72. The van der Waals surface area contributed by atoms with Gasteiger partial charge in [0.1, 0.15) is 24.4 Å². The van der Waals surface area contributed by atoms with E-state index in [1.807, 2.05) is 6.08 Å². The Labute approximate surface area is 459 Å². The molecule has 8 unspecified atom stereocenters. The third-order valence-corrected chi connectivity index (χ3v) is 14.7. The SMILES string of the molecule is CCCCC/C=C\C/C=C\C/C=C\CCCCCCC(=O)OC1C(OCC(NC(=O)C(O)CCCCCCCCCCCCCCCCCC)C(O)/C=C/CCCCCCCCCCCCC)OC(CO)C(O)C1O. The summed E-state index contributed by atoms with van der Waals surface area (Å²) in [7, 11) is 0. The molecule has 438 valence electrons. The normalized spacial score (nSPS) is 19.5. The molecule has 0 radical (unpaired) electrons. The van der Waals surface area contributed by atoms with Gasteiger partial charge in [0.05, 0.1) is 25.4 Å². The molecule has 11 heteroatoms. The fourth-order valence-electron chi connectivity index (χ4n) is 9.72. The van der Waals surface area contributed by atoms with Gasteiger partial charge in [-0.25, -0.2) is 0 Å². The molecule has 0 aromatic carbocycles. The summed E-state index contributed by atoms with van der Waals surface area (Å²) in [5.74, 6) is -1.21. The zero-order valence-electron chi connectivity index (χ0n) is 48.4. The van der Waals surface area contributed by atoms with Crippen LogP contribution in [0.5, 0.6) is 0 Å². The van der Waals surface area contributed by atoms with E-state index in [0.717, 1.165) is 83.5 Å². The maximum Gasteiger partial charge on any atom is 0.306 e. The van der Waals surface area contributed by atoms with Crippen LogP contribution in [0, 0.1) is 0 Å². The molecule has 1 amide bonds. The average Bonchev–Trinajstić information content (AvgIpc) is 3.41. The van der Waals surface area contributed by atoms with Crippen molar-refractivity contribution < 1.29 is 49.3 Å². The molecule has 0 aliphatic carbocycles. The lowest BCUT2D eigenvalue weighted by Gasteiger charge is -2.41. The number of aliphatic hydroxyl groups excluding tert-OH is 5. The quantitative estimate of drug-likeness (QED) is 0.0195. The van der Waals surface area contributed by atoms with Crippen molar-refractivity contribution in [1.29, 1.82) is 0 Å². The van der Waals surface area contributed by atoms with E-state index in [0.29, 0.717) is 19.3 Å². The molecule has 8 atom stereocenters. The van der Waals surface area contributed by atoms with E-state index in [1.54, 1.807) is 6.08 Å². The summed E-state index contributed by atoms with van der Waals surface area (Å²) in [5.41, 5.74) is 0. The predicted molar refractivity (Wildman–Crippen MR) is 310 cm³/mol. The molecular weight excluding hydrogens is 943 g/mol. The van der Waals surface area contributed by atoms with E-state index < -0.39 is 67.4 Å². The van der Waals surface area contributed by atoms with Crippen molar-refractivity contribution >= 4 is 11.9 Å². The van der Waals surface area contributed by atoms with E-state index in [2.05, 4.69) is 62.5 Å². The fraction of sp³-hybridized carbons (Fsp3) is 0.844. The highest BCUT2D eigenvalue weighted by molar-refractivity contribution is 5.80. The summed E-state index contributed by atoms with van der Waals surface area (Å²) in [5, 5.41) is 57.0. The van der Waals surface area contributed by atoms with Gasteiger partial charge in [-0.05, 0) is 64.2 Å². The van der Waals surface area contributed by atoms with Crippen molar-refractivity contribution in [2.45, 2.75) is 333 Å². The van der Waals surface area contributed by atoms with Crippen LogP contribution in [0.25, 0.3) is 0 Å². The van der Waals surface area contributed by atoms with E-state index in [4.69, 9.17) is 14.2 Å². The molecule has 0 aromatic heterocycles. The smallest absolute Gasteiger partial charge is 0.306 e. The molecule has 1 saturated heterocycles. The van der Waals surface area contributed by atoms with E-state index in [9.17, 15) is 35.1 Å². The summed E-state index contributed by atoms with van der Waals surface area (Å²) in [6, 6.07) is -1.03. The Balaban J connectivity index is 2.70. The summed E-state index contributed by atoms with van der Waals surface area (Å²) < 4.78 is 17.6. The first-order chi connectivity index (χ1) is 36.7. The summed E-state index contributed by atoms with van der Waals surface area (Å²) in [6.07, 6.45) is 52.8. The number of esters is 1. The van der Waals surface area contributed by atoms with Crippen LogP contribution in [0.3, 0.4) is 0 Å². The molecule has 11 nitrogen and oxygen atoms in total. The first-order valence-electron chi connectivity index (χ1n) is 31.4. The second-order valence-electron chi connectivity index (χ2n) is 21.8. The number of hydrogen-bond donors (Lipinski definition) is 6. The zero-order chi connectivity index (χ0) is 54.7. The Kier molecular flexibility index (Phi) is 49.3. The van der Waals surface area contributed by atoms with Crippen molar-refractivity contribution in [1.82, 2.24) is 5.32 Å². The second kappa shape index (κ2) is 52.3. The highest BCUT2D eigenvalue weighted by atomic mass is 16.7. The molecule has 1 aliphatic rings. The summed E-state index contributed by atoms with van der Waals surface area (Å²) in [4.78, 5) is 26.5. The third-order valence-electron chi connectivity index (χ3n) is 14.7. The van der Waals surface area contributed by atoms with Gasteiger partial charge in [0, 0.05) is 6.42 Å². The average molecular weight is 1060 g/mol. The lowest BCUT2D eigenvalue weighted by molar-refractivity contribution is -0.305. The first kappa shape index (κ1) is 70.6. The number of nitrogens with one attached hydrogen (secondary N) is 1. The summed E-state index contributed by atoms with van der Waals surface area (Å²) in [6.45, 7) is 5.77. The van der Waals surface area contributed by atoms with Crippen LogP contribution in [0.4, 0.5) is 0 Å². The molecule has 6 N–H and O–H groups in total. The van der Waals surface area contributed by atoms with Crippen molar-refractivity contribution in [3.8, 4) is 0 Å². The maximum atomic E-state index is 13.4. The molecule has 1 heterocycles. The topological polar surface area (TPSA) is 175 Å². The van der Waals surface area contributed by atoms with Gasteiger partial charge in [0.2, 0.25) is 5.91 Å². The second-order valence-corrected chi connectivity index (χ2v) is 21.8. The number of rotatable bonds is 53. The number of unbranched alkanes of at least 4 members (excludes halogenated alkanes) is 33. The lowest BCUT2D eigenvalue weighted by Crippen LogP contribution is -2.61. The lowest BCUT2D eigenvalue weighted by atomic mass is 9.99. The molecule has 0 bridgehead atoms. The van der Waals surface area contributed by atoms with Gasteiger partial charge in [-0.3, -0.25) is 9.59 Å². The number of aliphatic hydroxyl groups is 5. The largest absolute Gasteiger partial charge is 0.454 e. The Morgan fingerprint density at radius 1 is 0.520 bits per heavy atom. The minimum absolute atomic E-state index is 0.0990. The molecule has 1 aliphatic heterocycles. The number of amides is 1. The van der Waals surface area contributed by atoms with E-state index >= 15 is 0 Å². The van der Waals surface area contributed by atoms with Crippen LogP contribution in [0.2, 0.25) is 0 Å². The number of carbonyl (C=O) groups is 2. The number of allylic oxidation sites excluding steroid dienone is 7. The van der Waals surface area contributed by atoms with E-state index in [-0.39, 0.29) is 13.0 Å². The van der Waals surface area contributed by atoms with Crippen molar-refractivity contribution in [3.05, 3.63) is 48.6 Å². The Hall–Kier alpha value is -2.38. The Morgan fingerprint density at radius 3 is 1.40 bits per heavy atom. The molecule has 75 heavy (non-hydrogen) atoms. The van der Waals surface area contributed by atoms with Gasteiger partial charge in [-0.2, -0.15) is 0 Å². The number of ether oxygens (including phenoxy) is 3. The van der Waals surface area contributed by atoms with Crippen LogP contribution in [-0.2, 0) is 23.8 Å². The van der Waals surface area contributed by atoms with Crippen LogP contribution in [-0.4, -0.2) is 99.6 Å². The van der Waals surface area contributed by atoms with Crippen molar-refractivity contribution in [2.75, 3.05) is 13.2 Å². The number of carbonyl (C=O) groups excluding carboxylic acids is 2. The van der Waals surface area contributed by atoms with Crippen LogP contribution in [0.15, 0.2) is 48.6 Å². The van der Waals surface area contributed by atoms with Gasteiger partial charge in [0.25, 0.3) is 0 Å². The summed E-state index contributed by atoms with van der Waals surface area (Å²) >= 11 is 0. The van der Waals surface area contributed by atoms with E-state index in [1.165, 1.54) is 154 Å². The van der Waals surface area contributed by atoms with Crippen molar-refractivity contribution in [2.24, 2.45) is 0 Å². The molecule has 1 rings (SSSR count). The zero-order valence-corrected chi connectivity index (χ0v) is 48.4.